The van der Waals surface area contributed by atoms with Gasteiger partial charge in [0, 0.05) is 43.2 Å². The van der Waals surface area contributed by atoms with Gasteiger partial charge in [-0.1, -0.05) is 28.7 Å². The molecule has 0 amide bonds. The maximum atomic E-state index is 4.90. The number of aliphatic imine (C=N–C) groups is 1. The van der Waals surface area contributed by atoms with Crippen molar-refractivity contribution >= 4 is 49.3 Å². The highest BCUT2D eigenvalue weighted by Crippen LogP contribution is 2.37. The third-order valence-corrected chi connectivity index (χ3v) is 8.13. The molecule has 3 aliphatic heterocycles. The van der Waals surface area contributed by atoms with Gasteiger partial charge < -0.3 is 10.2 Å². The maximum Gasteiger partial charge on any atom is 0.198 e. The van der Waals surface area contributed by atoms with Crippen LogP contribution in [-0.2, 0) is 0 Å². The molecular formula is C19H21N7S2. The predicted molar refractivity (Wildman–Crippen MR) is 115 cm³/mol. The Morgan fingerprint density at radius 1 is 1.14 bits per heavy atom. The van der Waals surface area contributed by atoms with E-state index in [0.717, 1.165) is 37.7 Å². The van der Waals surface area contributed by atoms with E-state index < -0.39 is 0 Å². The largest absolute Gasteiger partial charge is 0.348 e. The third kappa shape index (κ3) is 2.80. The number of aromatic nitrogens is 4. The Hall–Kier alpha value is -2.10. The van der Waals surface area contributed by atoms with Crippen molar-refractivity contribution in [3.05, 3.63) is 24.3 Å². The Morgan fingerprint density at radius 3 is 2.71 bits per heavy atom. The zero-order valence-corrected chi connectivity index (χ0v) is 17.2. The van der Waals surface area contributed by atoms with Crippen LogP contribution in [0.4, 0.5) is 5.13 Å². The fourth-order valence-electron chi connectivity index (χ4n) is 4.48. The van der Waals surface area contributed by atoms with Gasteiger partial charge in [0.2, 0.25) is 0 Å². The van der Waals surface area contributed by atoms with Gasteiger partial charge in [0.15, 0.2) is 19.9 Å². The van der Waals surface area contributed by atoms with Crippen LogP contribution in [0, 0.1) is 0 Å². The van der Waals surface area contributed by atoms with Crippen molar-refractivity contribution in [1.29, 1.82) is 0 Å². The molecule has 1 unspecified atom stereocenters. The average molecular weight is 412 g/mol. The van der Waals surface area contributed by atoms with E-state index in [4.69, 9.17) is 9.97 Å². The minimum absolute atomic E-state index is 0.580. The number of hydrogen-bond donors (Lipinski definition) is 1. The molecule has 0 aromatic carbocycles. The molecule has 28 heavy (non-hydrogen) atoms. The van der Waals surface area contributed by atoms with Crippen molar-refractivity contribution in [2.45, 2.75) is 43.8 Å². The topological polar surface area (TPSA) is 71.2 Å². The summed E-state index contributed by atoms with van der Waals surface area (Å²) in [6, 6.07) is 1.95. The van der Waals surface area contributed by atoms with Gasteiger partial charge in [0.1, 0.15) is 6.33 Å². The molecule has 3 aliphatic rings. The smallest absolute Gasteiger partial charge is 0.198 e. The first-order valence-electron chi connectivity index (χ1n) is 9.74. The van der Waals surface area contributed by atoms with E-state index in [1.807, 2.05) is 23.3 Å². The second-order valence-electron chi connectivity index (χ2n) is 7.80. The number of piperidine rings is 1. The Bertz CT molecular complexity index is 1050. The number of rotatable bonds is 4. The van der Waals surface area contributed by atoms with E-state index in [2.05, 4.69) is 33.3 Å². The van der Waals surface area contributed by atoms with Crippen LogP contribution in [0.25, 0.3) is 20.4 Å². The third-order valence-electron chi connectivity index (χ3n) is 6.00. The highest BCUT2D eigenvalue weighted by molar-refractivity contribution is 7.29. The zero-order chi connectivity index (χ0) is 18.7. The molecule has 6 rings (SSSR count). The average Bonchev–Trinajstić information content (AvgIpc) is 3.48. The van der Waals surface area contributed by atoms with Gasteiger partial charge in [0.05, 0.1) is 12.2 Å². The van der Waals surface area contributed by atoms with Gasteiger partial charge in [-0.15, -0.1) is 0 Å². The molecule has 3 atom stereocenters. The summed E-state index contributed by atoms with van der Waals surface area (Å²) < 4.78 is 1.98. The number of nitrogens with zero attached hydrogens (tertiary/aromatic N) is 6. The van der Waals surface area contributed by atoms with Crippen LogP contribution in [0.3, 0.4) is 0 Å². The molecule has 2 bridgehead atoms. The van der Waals surface area contributed by atoms with Crippen molar-refractivity contribution < 1.29 is 0 Å². The molecule has 7 nitrogen and oxygen atoms in total. The number of thiazole rings is 2. The summed E-state index contributed by atoms with van der Waals surface area (Å²) in [5, 5.41) is 5.72. The lowest BCUT2D eigenvalue weighted by atomic mass is 9.99. The van der Waals surface area contributed by atoms with Crippen LogP contribution in [0.2, 0.25) is 0 Å². The van der Waals surface area contributed by atoms with Crippen molar-refractivity contribution in [1.82, 2.24) is 24.8 Å². The molecule has 1 N–H and O–H groups in total. The van der Waals surface area contributed by atoms with E-state index >= 15 is 0 Å². The predicted octanol–water partition coefficient (Wildman–Crippen LogP) is 3.13. The van der Waals surface area contributed by atoms with Gasteiger partial charge in [-0.2, -0.15) is 0 Å². The summed E-state index contributed by atoms with van der Waals surface area (Å²) in [7, 11) is 2.19. The zero-order valence-electron chi connectivity index (χ0n) is 15.6. The van der Waals surface area contributed by atoms with Crippen molar-refractivity contribution in [3.63, 3.8) is 0 Å². The van der Waals surface area contributed by atoms with Crippen molar-refractivity contribution in [3.8, 4) is 5.13 Å². The van der Waals surface area contributed by atoms with Crippen LogP contribution < -0.4 is 10.2 Å². The van der Waals surface area contributed by atoms with E-state index in [0.29, 0.717) is 18.1 Å². The normalized spacial score (nSPS) is 26.3. The Kier molecular flexibility index (Phi) is 3.88. The van der Waals surface area contributed by atoms with Gasteiger partial charge in [-0.3, -0.25) is 9.56 Å². The van der Waals surface area contributed by atoms with Crippen LogP contribution in [0.1, 0.15) is 31.4 Å². The number of anilines is 1. The standard InChI is InChI=1S/C19H21N7S2/c1-25(14-6-12-2-3-13(7-14)22-12)18-23-16-17(27-18)24-19(28-16)26-9-15(21-10-26)11-4-5-20-8-11/h4,8-10,12-14,22H,2-3,5-7H2,1H3/t12-,13+,14?. The first-order valence-corrected chi connectivity index (χ1v) is 11.4. The number of hydrogen-bond acceptors (Lipinski definition) is 8. The van der Waals surface area contributed by atoms with Crippen LogP contribution in [0.5, 0.6) is 0 Å². The molecule has 2 saturated heterocycles. The fraction of sp³-hybridized carbons (Fsp3) is 0.474. The van der Waals surface area contributed by atoms with Crippen molar-refractivity contribution in [2.24, 2.45) is 4.99 Å². The number of allylic oxidation sites excluding steroid dienone is 1. The SMILES string of the molecule is CN(c1nc2sc(-n3cnc(C4=CCN=C4)c3)nc2s1)C1C[C@H]2CC[C@@H](C1)N2. The molecule has 0 radical (unpaired) electrons. The van der Waals surface area contributed by atoms with Gasteiger partial charge >= 0.3 is 0 Å². The highest BCUT2D eigenvalue weighted by Gasteiger charge is 2.36. The number of nitrogens with one attached hydrogen (secondary N) is 1. The Labute approximate surface area is 170 Å². The minimum atomic E-state index is 0.580. The summed E-state index contributed by atoms with van der Waals surface area (Å²) in [6.07, 6.45) is 12.9. The summed E-state index contributed by atoms with van der Waals surface area (Å²) in [5.41, 5.74) is 2.02. The minimum Gasteiger partial charge on any atom is -0.348 e. The number of imidazole rings is 1. The fourth-order valence-corrected chi connectivity index (χ4v) is 6.50. The van der Waals surface area contributed by atoms with Gasteiger partial charge in [0.25, 0.3) is 0 Å². The van der Waals surface area contributed by atoms with E-state index in [1.165, 1.54) is 25.7 Å². The van der Waals surface area contributed by atoms with E-state index in [1.54, 1.807) is 22.7 Å². The summed E-state index contributed by atoms with van der Waals surface area (Å²) in [4.78, 5) is 22.8. The Morgan fingerprint density at radius 2 is 1.96 bits per heavy atom. The molecule has 0 saturated carbocycles. The second kappa shape index (κ2) is 6.47. The van der Waals surface area contributed by atoms with E-state index in [-0.39, 0.29) is 0 Å². The first kappa shape index (κ1) is 16.8. The molecule has 9 heteroatoms. The molecule has 6 heterocycles. The molecular weight excluding hydrogens is 390 g/mol. The highest BCUT2D eigenvalue weighted by atomic mass is 32.1. The Balaban J connectivity index is 1.24. The molecule has 144 valence electrons. The lowest BCUT2D eigenvalue weighted by Gasteiger charge is -2.35. The van der Waals surface area contributed by atoms with Crippen LogP contribution in [-0.4, -0.2) is 57.5 Å². The van der Waals surface area contributed by atoms with Gasteiger partial charge in [-0.05, 0) is 25.7 Å². The first-order chi connectivity index (χ1) is 13.7. The molecule has 3 aromatic rings. The van der Waals surface area contributed by atoms with Crippen LogP contribution in [0.15, 0.2) is 23.6 Å². The quantitative estimate of drug-likeness (QED) is 0.714. The van der Waals surface area contributed by atoms with Crippen molar-refractivity contribution in [2.75, 3.05) is 18.5 Å². The number of fused-ring (bicyclic) bond motifs is 3. The lowest BCUT2D eigenvalue weighted by Crippen LogP contribution is -2.47. The summed E-state index contributed by atoms with van der Waals surface area (Å²) >= 11 is 3.32. The van der Waals surface area contributed by atoms with Gasteiger partial charge in [-0.25, -0.2) is 15.0 Å². The van der Waals surface area contributed by atoms with Crippen LogP contribution >= 0.6 is 22.7 Å². The second-order valence-corrected chi connectivity index (χ2v) is 9.71. The molecule has 3 aromatic heterocycles. The maximum absolute atomic E-state index is 4.90. The lowest BCUT2D eigenvalue weighted by molar-refractivity contribution is 0.354. The summed E-state index contributed by atoms with van der Waals surface area (Å²) in [6.45, 7) is 0.744. The summed E-state index contributed by atoms with van der Waals surface area (Å²) in [5.74, 6) is 0. The molecule has 0 aliphatic carbocycles. The molecule has 2 fully saturated rings. The monoisotopic (exact) mass is 411 g/mol. The molecule has 0 spiro atoms. The van der Waals surface area contributed by atoms with E-state index in [9.17, 15) is 0 Å².